The maximum atomic E-state index is 10.9. The lowest BCUT2D eigenvalue weighted by Gasteiger charge is -2.44. The van der Waals surface area contributed by atoms with Crippen LogP contribution in [-0.2, 0) is 11.2 Å². The third kappa shape index (κ3) is 5.62. The van der Waals surface area contributed by atoms with Crippen molar-refractivity contribution in [3.8, 4) is 5.75 Å². The van der Waals surface area contributed by atoms with Crippen LogP contribution in [-0.4, -0.2) is 25.8 Å². The Hall–Kier alpha value is -2.12. The Morgan fingerprint density at radius 2 is 1.50 bits per heavy atom. The molecular weight excluding hydrogens is 527 g/mol. The van der Waals surface area contributed by atoms with Gasteiger partial charge < -0.3 is 9.84 Å². The molecule has 0 heterocycles. The summed E-state index contributed by atoms with van der Waals surface area (Å²) in [7, 11) is -2.15. The summed E-state index contributed by atoms with van der Waals surface area (Å²) in [5, 5.41) is 11.9. The van der Waals surface area contributed by atoms with E-state index in [2.05, 4.69) is 104 Å². The van der Waals surface area contributed by atoms with Gasteiger partial charge in [-0.15, -0.1) is 0 Å². The van der Waals surface area contributed by atoms with E-state index >= 15 is 0 Å². The Morgan fingerprint density at radius 3 is 1.97 bits per heavy atom. The molecule has 3 aromatic rings. The standard InChI is InChI=1S/C27H31IO3Si/c1-27(2,3)32(22-10-6-4-7-11-22,23-12-8-5-9-13-23)19-18-31-25-16-14-21(20-24(25)28)15-17-26(29)30/h4-14,16,20H,15,17-19H2,1-3H3,(H,29,30). The molecular formula is C27H31IO3Si. The fourth-order valence-corrected chi connectivity index (χ4v) is 10.6. The van der Waals surface area contributed by atoms with E-state index in [4.69, 9.17) is 9.84 Å². The van der Waals surface area contributed by atoms with Crippen LogP contribution >= 0.6 is 22.6 Å². The van der Waals surface area contributed by atoms with Crippen LogP contribution in [0.1, 0.15) is 32.8 Å². The van der Waals surface area contributed by atoms with E-state index in [0.29, 0.717) is 13.0 Å². The second kappa shape index (κ2) is 10.7. The molecule has 168 valence electrons. The summed E-state index contributed by atoms with van der Waals surface area (Å²) in [4.78, 5) is 10.9. The van der Waals surface area contributed by atoms with Crippen molar-refractivity contribution in [3.05, 3.63) is 88.0 Å². The zero-order valence-corrected chi connectivity index (χ0v) is 22.1. The molecule has 0 fully saturated rings. The van der Waals surface area contributed by atoms with Crippen molar-refractivity contribution in [2.24, 2.45) is 0 Å². The minimum Gasteiger partial charge on any atom is -0.493 e. The van der Waals surface area contributed by atoms with Gasteiger partial charge in [0.25, 0.3) is 0 Å². The fraction of sp³-hybridized carbons (Fsp3) is 0.296. The molecule has 1 N–H and O–H groups in total. The molecule has 0 aliphatic rings. The Labute approximate surface area is 206 Å². The smallest absolute Gasteiger partial charge is 0.303 e. The number of carboxylic acid groups (broad SMARTS) is 1. The lowest BCUT2D eigenvalue weighted by atomic mass is 10.1. The molecule has 0 saturated carbocycles. The number of ether oxygens (including phenoxy) is 1. The molecule has 0 spiro atoms. The molecule has 5 heteroatoms. The number of rotatable bonds is 9. The summed E-state index contributed by atoms with van der Waals surface area (Å²) in [5.74, 6) is 0.0910. The summed E-state index contributed by atoms with van der Waals surface area (Å²) in [6.45, 7) is 7.72. The highest BCUT2D eigenvalue weighted by Crippen LogP contribution is 2.38. The average Bonchev–Trinajstić information content (AvgIpc) is 2.77. The van der Waals surface area contributed by atoms with Crippen molar-refractivity contribution >= 4 is 47.0 Å². The summed E-state index contributed by atoms with van der Waals surface area (Å²) >= 11 is 2.28. The van der Waals surface area contributed by atoms with Crippen LogP contribution in [0.15, 0.2) is 78.9 Å². The molecule has 0 atom stereocenters. The predicted molar refractivity (Wildman–Crippen MR) is 143 cm³/mol. The molecule has 0 aliphatic heterocycles. The second-order valence-corrected chi connectivity index (χ2v) is 15.3. The zero-order chi connectivity index (χ0) is 23.2. The molecule has 3 nitrogen and oxygen atoms in total. The highest BCUT2D eigenvalue weighted by molar-refractivity contribution is 14.1. The quantitative estimate of drug-likeness (QED) is 0.269. The first-order chi connectivity index (χ1) is 15.2. The van der Waals surface area contributed by atoms with Crippen LogP contribution in [0.3, 0.4) is 0 Å². The van der Waals surface area contributed by atoms with Gasteiger partial charge in [0.1, 0.15) is 13.8 Å². The second-order valence-electron chi connectivity index (χ2n) is 9.14. The van der Waals surface area contributed by atoms with E-state index in [1.54, 1.807) is 0 Å². The molecule has 0 saturated heterocycles. The number of hydrogen-bond donors (Lipinski definition) is 1. The fourth-order valence-electron chi connectivity index (χ4n) is 4.52. The number of aliphatic carboxylic acids is 1. The Bertz CT molecular complexity index is 990. The van der Waals surface area contributed by atoms with Gasteiger partial charge in [-0.25, -0.2) is 0 Å². The molecule has 0 bridgehead atoms. The van der Waals surface area contributed by atoms with Gasteiger partial charge in [-0.05, 0) is 57.8 Å². The first kappa shape index (κ1) is 24.5. The van der Waals surface area contributed by atoms with Gasteiger partial charge in [-0.3, -0.25) is 4.79 Å². The molecule has 0 aromatic heterocycles. The number of carboxylic acids is 1. The molecule has 32 heavy (non-hydrogen) atoms. The van der Waals surface area contributed by atoms with E-state index in [9.17, 15) is 4.79 Å². The van der Waals surface area contributed by atoms with Crippen molar-refractivity contribution < 1.29 is 14.6 Å². The summed E-state index contributed by atoms with van der Waals surface area (Å²) in [6, 6.07) is 28.8. The van der Waals surface area contributed by atoms with E-state index in [1.807, 2.05) is 18.2 Å². The summed E-state index contributed by atoms with van der Waals surface area (Å²) in [6.07, 6.45) is 0.678. The normalized spacial score (nSPS) is 11.9. The zero-order valence-electron chi connectivity index (χ0n) is 19.0. The Kier molecular flexibility index (Phi) is 8.17. The molecule has 3 aromatic carbocycles. The largest absolute Gasteiger partial charge is 0.493 e. The molecule has 0 radical (unpaired) electrons. The summed E-state index contributed by atoms with van der Waals surface area (Å²) < 4.78 is 7.34. The minimum atomic E-state index is -2.15. The van der Waals surface area contributed by atoms with Crippen LogP contribution in [0.25, 0.3) is 0 Å². The van der Waals surface area contributed by atoms with Crippen LogP contribution in [0, 0.1) is 3.57 Å². The predicted octanol–water partition coefficient (Wildman–Crippen LogP) is 5.75. The maximum Gasteiger partial charge on any atom is 0.303 e. The van der Waals surface area contributed by atoms with Gasteiger partial charge in [-0.1, -0.05) is 97.9 Å². The van der Waals surface area contributed by atoms with Gasteiger partial charge in [0, 0.05) is 6.42 Å². The third-order valence-electron chi connectivity index (χ3n) is 6.17. The van der Waals surface area contributed by atoms with Crippen molar-refractivity contribution in [1.82, 2.24) is 0 Å². The van der Waals surface area contributed by atoms with Crippen LogP contribution < -0.4 is 15.1 Å². The van der Waals surface area contributed by atoms with Crippen molar-refractivity contribution in [2.75, 3.05) is 6.61 Å². The summed E-state index contributed by atoms with van der Waals surface area (Å²) in [5.41, 5.74) is 1.02. The lowest BCUT2D eigenvalue weighted by molar-refractivity contribution is -0.136. The topological polar surface area (TPSA) is 46.5 Å². The van der Waals surface area contributed by atoms with Crippen molar-refractivity contribution in [1.29, 1.82) is 0 Å². The molecule has 0 unspecified atom stereocenters. The molecule has 0 amide bonds. The number of benzene rings is 3. The highest BCUT2D eigenvalue weighted by Gasteiger charge is 2.47. The van der Waals surface area contributed by atoms with E-state index in [1.165, 1.54) is 10.4 Å². The SMILES string of the molecule is CC(C)(C)[Si](CCOc1ccc(CCC(=O)O)cc1I)(c1ccccc1)c1ccccc1. The van der Waals surface area contributed by atoms with E-state index in [0.717, 1.165) is 20.9 Å². The van der Waals surface area contributed by atoms with Crippen LogP contribution in [0.4, 0.5) is 0 Å². The first-order valence-electron chi connectivity index (χ1n) is 11.0. The van der Waals surface area contributed by atoms with Crippen molar-refractivity contribution in [2.45, 2.75) is 44.7 Å². The number of aryl methyl sites for hydroxylation is 1. The van der Waals surface area contributed by atoms with Gasteiger partial charge >= 0.3 is 5.97 Å². The Morgan fingerprint density at radius 1 is 0.938 bits per heavy atom. The van der Waals surface area contributed by atoms with E-state index < -0.39 is 14.0 Å². The minimum absolute atomic E-state index is 0.104. The number of halogens is 1. The van der Waals surface area contributed by atoms with Gasteiger partial charge in [0.2, 0.25) is 0 Å². The van der Waals surface area contributed by atoms with Gasteiger partial charge in [0.05, 0.1) is 10.2 Å². The first-order valence-corrected chi connectivity index (χ1v) is 14.3. The number of carbonyl (C=O) groups is 1. The number of hydrogen-bond acceptors (Lipinski definition) is 2. The maximum absolute atomic E-state index is 10.9. The van der Waals surface area contributed by atoms with E-state index in [-0.39, 0.29) is 11.5 Å². The van der Waals surface area contributed by atoms with Crippen LogP contribution in [0.2, 0.25) is 11.1 Å². The van der Waals surface area contributed by atoms with Crippen molar-refractivity contribution in [3.63, 3.8) is 0 Å². The third-order valence-corrected chi connectivity index (χ3v) is 13.2. The molecule has 0 aliphatic carbocycles. The highest BCUT2D eigenvalue weighted by atomic mass is 127. The van der Waals surface area contributed by atoms with Gasteiger partial charge in [-0.2, -0.15) is 0 Å². The van der Waals surface area contributed by atoms with Gasteiger partial charge in [0.15, 0.2) is 0 Å². The van der Waals surface area contributed by atoms with Crippen LogP contribution in [0.5, 0.6) is 5.75 Å². The lowest BCUT2D eigenvalue weighted by Crippen LogP contribution is -2.64. The Balaban J connectivity index is 1.86. The monoisotopic (exact) mass is 558 g/mol. The average molecular weight is 559 g/mol. The molecule has 3 rings (SSSR count).